The highest BCUT2D eigenvalue weighted by Crippen LogP contribution is 2.20. The summed E-state index contributed by atoms with van der Waals surface area (Å²) in [6.07, 6.45) is 1.96. The van der Waals surface area contributed by atoms with E-state index in [1.54, 1.807) is 0 Å². The maximum Gasteiger partial charge on any atom is 0.0459 e. The topological polar surface area (TPSA) is 15.8 Å². The van der Waals surface area contributed by atoms with Gasteiger partial charge in [-0.2, -0.15) is 0 Å². The van der Waals surface area contributed by atoms with E-state index in [9.17, 15) is 0 Å². The summed E-state index contributed by atoms with van der Waals surface area (Å²) in [4.78, 5) is 3.31. The Bertz CT molecular complexity index is 648. The summed E-state index contributed by atoms with van der Waals surface area (Å²) in [5.41, 5.74) is 1.14. The molecule has 0 aliphatic heterocycles. The van der Waals surface area contributed by atoms with Gasteiger partial charge in [0.2, 0.25) is 0 Å². The number of nitrogens with one attached hydrogen (secondary N) is 1. The highest BCUT2D eigenvalue weighted by atomic mass is 14.6. The van der Waals surface area contributed by atoms with Crippen molar-refractivity contribution in [1.82, 2.24) is 4.98 Å². The Labute approximate surface area is 100 Å². The first kappa shape index (κ1) is 9.91. The molecule has 17 heavy (non-hydrogen) atoms. The molecule has 0 amide bonds. The zero-order chi connectivity index (χ0) is 11.5. The molecule has 0 aliphatic carbocycles. The first-order valence-corrected chi connectivity index (χ1v) is 5.73. The number of para-hydroxylation sites is 1. The number of aromatic nitrogens is 1. The highest BCUT2D eigenvalue weighted by molar-refractivity contribution is 6.03. The second-order valence-corrected chi connectivity index (χ2v) is 4.00. The second-order valence-electron chi connectivity index (χ2n) is 4.00. The largest absolute Gasteiger partial charge is 0.361 e. The average molecular weight is 219 g/mol. The molecule has 0 saturated carbocycles. The molecule has 82 valence electrons. The van der Waals surface area contributed by atoms with Crippen molar-refractivity contribution in [2.24, 2.45) is 0 Å². The summed E-state index contributed by atoms with van der Waals surface area (Å²) in [5, 5.41) is 3.74. The van der Waals surface area contributed by atoms with Gasteiger partial charge in [-0.1, -0.05) is 54.6 Å². The molecule has 0 aliphatic rings. The molecule has 1 nitrogen and oxygen atoms in total. The van der Waals surface area contributed by atoms with Crippen LogP contribution in [0.4, 0.5) is 0 Å². The third kappa shape index (κ3) is 1.87. The zero-order valence-corrected chi connectivity index (χ0v) is 9.43. The molecule has 3 aromatic rings. The van der Waals surface area contributed by atoms with Gasteiger partial charge < -0.3 is 4.98 Å². The Balaban J connectivity index is 2.63. The Hall–Kier alpha value is -2.28. The minimum atomic E-state index is 1.14. The van der Waals surface area contributed by atoms with E-state index in [0.29, 0.717) is 0 Å². The second kappa shape index (κ2) is 4.30. The van der Waals surface area contributed by atoms with E-state index in [2.05, 4.69) is 59.6 Å². The summed E-state index contributed by atoms with van der Waals surface area (Å²) in [7, 11) is 0. The summed E-state index contributed by atoms with van der Waals surface area (Å²) < 4.78 is 0. The van der Waals surface area contributed by atoms with Crippen molar-refractivity contribution >= 4 is 21.7 Å². The van der Waals surface area contributed by atoms with E-state index in [4.69, 9.17) is 0 Å². The maximum atomic E-state index is 3.31. The van der Waals surface area contributed by atoms with Crippen LogP contribution in [0.3, 0.4) is 0 Å². The molecule has 3 rings (SSSR count). The lowest BCUT2D eigenvalue weighted by molar-refractivity contribution is 1.43. The molecule has 0 radical (unpaired) electrons. The molecule has 1 heterocycles. The molecular weight excluding hydrogens is 206 g/mol. The van der Waals surface area contributed by atoms with Gasteiger partial charge in [-0.05, 0) is 22.9 Å². The van der Waals surface area contributed by atoms with Crippen LogP contribution in [0.25, 0.3) is 21.7 Å². The number of H-pyrrole nitrogens is 1. The fourth-order valence-electron chi connectivity index (χ4n) is 2.08. The van der Waals surface area contributed by atoms with E-state index >= 15 is 0 Å². The van der Waals surface area contributed by atoms with Gasteiger partial charge in [0.25, 0.3) is 0 Å². The van der Waals surface area contributed by atoms with Crippen molar-refractivity contribution in [2.75, 3.05) is 0 Å². The lowest BCUT2D eigenvalue weighted by Gasteiger charge is -1.98. The van der Waals surface area contributed by atoms with E-state index in [-0.39, 0.29) is 0 Å². The van der Waals surface area contributed by atoms with Crippen LogP contribution in [0.15, 0.2) is 72.9 Å². The molecule has 1 aromatic heterocycles. The van der Waals surface area contributed by atoms with Crippen LogP contribution >= 0.6 is 0 Å². The van der Waals surface area contributed by atoms with E-state index in [1.165, 1.54) is 16.2 Å². The van der Waals surface area contributed by atoms with Gasteiger partial charge in [0, 0.05) is 17.1 Å². The number of hydrogen-bond acceptors (Lipinski definition) is 0. The van der Waals surface area contributed by atoms with E-state index in [1.807, 2.05) is 18.3 Å². The van der Waals surface area contributed by atoms with Crippen molar-refractivity contribution < 1.29 is 0 Å². The SMILES string of the molecule is c1ccc2ccccc2c2ccccc2[nH]c1. The molecule has 0 bridgehead atoms. The fraction of sp³-hybridized carbons (Fsp3) is 0. The molecular formula is C16H13N. The minimum absolute atomic E-state index is 1.14. The van der Waals surface area contributed by atoms with Crippen LogP contribution < -0.4 is 0 Å². The number of hydrogen-bond donors (Lipinski definition) is 1. The van der Waals surface area contributed by atoms with Gasteiger partial charge in [0.15, 0.2) is 0 Å². The first-order valence-electron chi connectivity index (χ1n) is 5.73. The summed E-state index contributed by atoms with van der Waals surface area (Å²) in [6.45, 7) is 0. The van der Waals surface area contributed by atoms with Crippen molar-refractivity contribution in [1.29, 1.82) is 0 Å². The van der Waals surface area contributed by atoms with Gasteiger partial charge in [-0.25, -0.2) is 0 Å². The van der Waals surface area contributed by atoms with Crippen LogP contribution in [0.2, 0.25) is 0 Å². The van der Waals surface area contributed by atoms with Gasteiger partial charge in [-0.15, -0.1) is 0 Å². The summed E-state index contributed by atoms with van der Waals surface area (Å²) >= 11 is 0. The van der Waals surface area contributed by atoms with Crippen molar-refractivity contribution in [3.8, 4) is 0 Å². The normalized spacial score (nSPS) is 10.4. The third-order valence-electron chi connectivity index (χ3n) is 2.90. The lowest BCUT2D eigenvalue weighted by Crippen LogP contribution is -1.74. The third-order valence-corrected chi connectivity index (χ3v) is 2.90. The standard InChI is InChI=1S/C16H13N/c1-2-9-14-13(7-1)8-5-6-12-17-16-11-4-3-10-15(14)16/h1-12,17H. The Kier molecular flexibility index (Phi) is 2.51. The number of rotatable bonds is 0. The zero-order valence-electron chi connectivity index (χ0n) is 9.43. The lowest BCUT2D eigenvalue weighted by atomic mass is 10.1. The van der Waals surface area contributed by atoms with Crippen LogP contribution in [0.1, 0.15) is 0 Å². The Morgan fingerprint density at radius 2 is 1.24 bits per heavy atom. The van der Waals surface area contributed by atoms with Crippen molar-refractivity contribution in [3.05, 3.63) is 72.9 Å². The van der Waals surface area contributed by atoms with E-state index < -0.39 is 0 Å². The molecule has 2 aromatic carbocycles. The summed E-state index contributed by atoms with van der Waals surface area (Å²) in [6, 6.07) is 23.0. The molecule has 0 atom stereocenters. The number of fused-ring (bicyclic) bond motifs is 3. The van der Waals surface area contributed by atoms with Crippen LogP contribution in [0.5, 0.6) is 0 Å². The van der Waals surface area contributed by atoms with Crippen LogP contribution in [-0.4, -0.2) is 4.98 Å². The fourth-order valence-corrected chi connectivity index (χ4v) is 2.08. The molecule has 0 unspecified atom stereocenters. The smallest absolute Gasteiger partial charge is 0.0459 e. The average Bonchev–Trinajstić information content (AvgIpc) is 2.47. The van der Waals surface area contributed by atoms with Gasteiger partial charge in [0.05, 0.1) is 0 Å². The van der Waals surface area contributed by atoms with Crippen LogP contribution in [0, 0.1) is 0 Å². The maximum absolute atomic E-state index is 3.31. The highest BCUT2D eigenvalue weighted by Gasteiger charge is 1.94. The molecule has 0 spiro atoms. The van der Waals surface area contributed by atoms with Crippen molar-refractivity contribution in [3.63, 3.8) is 0 Å². The van der Waals surface area contributed by atoms with E-state index in [0.717, 1.165) is 5.52 Å². The Morgan fingerprint density at radius 1 is 0.588 bits per heavy atom. The Morgan fingerprint density at radius 3 is 2.12 bits per heavy atom. The van der Waals surface area contributed by atoms with Crippen LogP contribution in [-0.2, 0) is 0 Å². The van der Waals surface area contributed by atoms with Gasteiger partial charge in [-0.3, -0.25) is 0 Å². The monoisotopic (exact) mass is 219 g/mol. The summed E-state index contributed by atoms with van der Waals surface area (Å²) in [5.74, 6) is 0. The number of benzene rings is 2. The predicted octanol–water partition coefficient (Wildman–Crippen LogP) is 4.45. The quantitative estimate of drug-likeness (QED) is 0.575. The van der Waals surface area contributed by atoms with Gasteiger partial charge in [0.1, 0.15) is 0 Å². The van der Waals surface area contributed by atoms with Gasteiger partial charge >= 0.3 is 0 Å². The molecule has 0 fully saturated rings. The molecule has 1 heteroatoms. The van der Waals surface area contributed by atoms with Crippen molar-refractivity contribution in [2.45, 2.75) is 0 Å². The minimum Gasteiger partial charge on any atom is -0.361 e. The predicted molar refractivity (Wildman–Crippen MR) is 73.4 cm³/mol. The number of aromatic amines is 1. The molecule has 1 N–H and O–H groups in total. The first-order chi connectivity index (χ1) is 8.45. The molecule has 0 saturated heterocycles.